The van der Waals surface area contributed by atoms with Crippen molar-refractivity contribution in [1.29, 1.82) is 0 Å². The lowest BCUT2D eigenvalue weighted by Crippen LogP contribution is -2.26. The molecule has 1 aromatic heterocycles. The summed E-state index contributed by atoms with van der Waals surface area (Å²) >= 11 is 0. The highest BCUT2D eigenvalue weighted by atomic mass is 19.2. The number of amides is 1. The Labute approximate surface area is 118 Å². The number of anilines is 1. The van der Waals surface area contributed by atoms with Gasteiger partial charge in [0.2, 0.25) is 5.91 Å². The van der Waals surface area contributed by atoms with Crippen molar-refractivity contribution in [3.05, 3.63) is 47.8 Å². The third-order valence-corrected chi connectivity index (χ3v) is 2.82. The summed E-state index contributed by atoms with van der Waals surface area (Å²) in [4.78, 5) is 23.0. The number of halogens is 2. The first kappa shape index (κ1) is 14.6. The van der Waals surface area contributed by atoms with Gasteiger partial charge in [0.1, 0.15) is 11.7 Å². The first-order valence-electron chi connectivity index (χ1n) is 5.93. The van der Waals surface area contributed by atoms with Crippen LogP contribution in [0.5, 0.6) is 0 Å². The quantitative estimate of drug-likeness (QED) is 0.904. The molecular weight excluding hydrogens is 284 g/mol. The fourth-order valence-corrected chi connectivity index (χ4v) is 1.72. The molecule has 1 aromatic carbocycles. The minimum atomic E-state index is -1.22. The second-order valence-electron chi connectivity index (χ2n) is 4.26. The summed E-state index contributed by atoms with van der Waals surface area (Å²) < 4.78 is 26.9. The van der Waals surface area contributed by atoms with E-state index in [1.165, 1.54) is 25.3 Å². The normalized spacial score (nSPS) is 12.0. The molecule has 2 rings (SSSR count). The smallest absolute Gasteiger partial charge is 0.354 e. The van der Waals surface area contributed by atoms with Crippen LogP contribution in [0.2, 0.25) is 0 Å². The van der Waals surface area contributed by atoms with Crippen LogP contribution in [0, 0.1) is 11.6 Å². The number of carbonyl (C=O) groups is 2. The minimum Gasteiger partial charge on any atom is -0.477 e. The third-order valence-electron chi connectivity index (χ3n) is 2.82. The molecule has 1 amide bonds. The second kappa shape index (κ2) is 5.70. The number of hydrogen-bond donors (Lipinski definition) is 2. The van der Waals surface area contributed by atoms with E-state index in [-0.39, 0.29) is 11.4 Å². The van der Waals surface area contributed by atoms with E-state index in [1.54, 1.807) is 0 Å². The number of benzene rings is 1. The van der Waals surface area contributed by atoms with Gasteiger partial charge in [-0.3, -0.25) is 4.79 Å². The summed E-state index contributed by atoms with van der Waals surface area (Å²) in [5.41, 5.74) is -0.0854. The molecule has 6 nitrogen and oxygen atoms in total. The number of aromatic nitrogens is 2. The SMILES string of the molecule is CC(C(=O)Nc1ccc(F)c(F)c1)n1nccc1C(=O)O. The van der Waals surface area contributed by atoms with Crippen molar-refractivity contribution >= 4 is 17.6 Å². The lowest BCUT2D eigenvalue weighted by molar-refractivity contribution is -0.119. The number of hydrogen-bond acceptors (Lipinski definition) is 3. The fourth-order valence-electron chi connectivity index (χ4n) is 1.72. The zero-order chi connectivity index (χ0) is 15.6. The maximum atomic E-state index is 13.1. The van der Waals surface area contributed by atoms with Crippen LogP contribution in [-0.4, -0.2) is 26.8 Å². The minimum absolute atomic E-state index is 0.0646. The number of carbonyl (C=O) groups excluding carboxylic acids is 1. The van der Waals surface area contributed by atoms with Crippen molar-refractivity contribution in [2.45, 2.75) is 13.0 Å². The molecule has 0 fully saturated rings. The van der Waals surface area contributed by atoms with Gasteiger partial charge < -0.3 is 10.4 Å². The zero-order valence-electron chi connectivity index (χ0n) is 10.9. The number of nitrogens with one attached hydrogen (secondary N) is 1. The number of aromatic carboxylic acids is 1. The van der Waals surface area contributed by atoms with Gasteiger partial charge in [-0.2, -0.15) is 5.10 Å². The average Bonchev–Trinajstić information content (AvgIpc) is 2.91. The summed E-state index contributed by atoms with van der Waals surface area (Å²) in [6, 6.07) is 3.24. The van der Waals surface area contributed by atoms with Crippen LogP contribution in [0.1, 0.15) is 23.5 Å². The summed E-state index contributed by atoms with van der Waals surface area (Å²) in [6.45, 7) is 1.44. The maximum absolute atomic E-state index is 13.1. The van der Waals surface area contributed by atoms with Gasteiger partial charge in [-0.1, -0.05) is 0 Å². The van der Waals surface area contributed by atoms with Crippen molar-refractivity contribution in [3.63, 3.8) is 0 Å². The van der Waals surface area contributed by atoms with Gasteiger partial charge in [0, 0.05) is 18.0 Å². The van der Waals surface area contributed by atoms with E-state index in [9.17, 15) is 18.4 Å². The van der Waals surface area contributed by atoms with Gasteiger partial charge in [0.25, 0.3) is 0 Å². The van der Waals surface area contributed by atoms with Crippen LogP contribution in [-0.2, 0) is 4.79 Å². The van der Waals surface area contributed by atoms with E-state index in [0.717, 1.165) is 16.8 Å². The first-order valence-corrected chi connectivity index (χ1v) is 5.93. The lowest BCUT2D eigenvalue weighted by Gasteiger charge is -2.14. The van der Waals surface area contributed by atoms with Gasteiger partial charge in [0.05, 0.1) is 0 Å². The molecule has 21 heavy (non-hydrogen) atoms. The van der Waals surface area contributed by atoms with E-state index >= 15 is 0 Å². The molecule has 2 aromatic rings. The van der Waals surface area contributed by atoms with Crippen LogP contribution < -0.4 is 5.32 Å². The molecule has 0 aliphatic heterocycles. The van der Waals surface area contributed by atoms with Crippen LogP contribution in [0.3, 0.4) is 0 Å². The molecule has 0 saturated carbocycles. The Balaban J connectivity index is 2.17. The summed E-state index contributed by atoms with van der Waals surface area (Å²) in [5.74, 6) is -3.95. The van der Waals surface area contributed by atoms with Crippen molar-refractivity contribution < 1.29 is 23.5 Å². The standard InChI is InChI=1S/C13H11F2N3O3/c1-7(18-11(13(20)21)4-5-16-18)12(19)17-8-2-3-9(14)10(15)6-8/h2-7H,1H3,(H,17,19)(H,20,21). The monoisotopic (exact) mass is 295 g/mol. The maximum Gasteiger partial charge on any atom is 0.354 e. The molecule has 1 heterocycles. The van der Waals surface area contributed by atoms with E-state index in [0.29, 0.717) is 0 Å². The number of nitrogens with zero attached hydrogens (tertiary/aromatic N) is 2. The molecule has 0 radical (unpaired) electrons. The highest BCUT2D eigenvalue weighted by molar-refractivity contribution is 5.94. The Morgan fingerprint density at radius 1 is 1.29 bits per heavy atom. The van der Waals surface area contributed by atoms with Gasteiger partial charge in [-0.25, -0.2) is 18.3 Å². The van der Waals surface area contributed by atoms with Crippen LogP contribution in [0.15, 0.2) is 30.5 Å². The third kappa shape index (κ3) is 3.04. The van der Waals surface area contributed by atoms with Crippen molar-refractivity contribution in [2.75, 3.05) is 5.32 Å². The van der Waals surface area contributed by atoms with E-state index in [1.807, 2.05) is 0 Å². The second-order valence-corrected chi connectivity index (χ2v) is 4.26. The van der Waals surface area contributed by atoms with Crippen molar-refractivity contribution in [3.8, 4) is 0 Å². The van der Waals surface area contributed by atoms with Crippen LogP contribution in [0.4, 0.5) is 14.5 Å². The molecule has 1 atom stereocenters. The molecule has 0 aliphatic carbocycles. The van der Waals surface area contributed by atoms with E-state index in [4.69, 9.17) is 5.11 Å². The topological polar surface area (TPSA) is 84.2 Å². The van der Waals surface area contributed by atoms with Gasteiger partial charge >= 0.3 is 5.97 Å². The van der Waals surface area contributed by atoms with Gasteiger partial charge in [-0.05, 0) is 25.1 Å². The first-order chi connectivity index (χ1) is 9.90. The molecule has 2 N–H and O–H groups in total. The number of carboxylic acid groups (broad SMARTS) is 1. The Kier molecular flexibility index (Phi) is 3.97. The van der Waals surface area contributed by atoms with Crippen molar-refractivity contribution in [1.82, 2.24) is 9.78 Å². The molecule has 110 valence electrons. The summed E-state index contributed by atoms with van der Waals surface area (Å²) in [5, 5.41) is 15.1. The molecule has 8 heteroatoms. The highest BCUT2D eigenvalue weighted by Crippen LogP contribution is 2.16. The number of rotatable bonds is 4. The van der Waals surface area contributed by atoms with Gasteiger partial charge in [-0.15, -0.1) is 0 Å². The van der Waals surface area contributed by atoms with Gasteiger partial charge in [0.15, 0.2) is 11.6 Å². The number of carboxylic acids is 1. The lowest BCUT2D eigenvalue weighted by atomic mass is 10.2. The molecular formula is C13H11F2N3O3. The highest BCUT2D eigenvalue weighted by Gasteiger charge is 2.21. The van der Waals surface area contributed by atoms with Crippen molar-refractivity contribution in [2.24, 2.45) is 0 Å². The summed E-state index contributed by atoms with van der Waals surface area (Å²) in [7, 11) is 0. The average molecular weight is 295 g/mol. The Bertz CT molecular complexity index is 700. The molecule has 0 bridgehead atoms. The zero-order valence-corrected chi connectivity index (χ0v) is 10.9. The summed E-state index contributed by atoms with van der Waals surface area (Å²) in [6.07, 6.45) is 1.25. The molecule has 0 saturated heterocycles. The van der Waals surface area contributed by atoms with E-state index in [2.05, 4.69) is 10.4 Å². The molecule has 0 spiro atoms. The largest absolute Gasteiger partial charge is 0.477 e. The van der Waals surface area contributed by atoms with E-state index < -0.39 is 29.6 Å². The molecule has 1 unspecified atom stereocenters. The Hall–Kier alpha value is -2.77. The predicted molar refractivity (Wildman–Crippen MR) is 68.9 cm³/mol. The Morgan fingerprint density at radius 2 is 2.00 bits per heavy atom. The van der Waals surface area contributed by atoms with Crippen LogP contribution >= 0.6 is 0 Å². The fraction of sp³-hybridized carbons (Fsp3) is 0.154. The Morgan fingerprint density at radius 3 is 2.62 bits per heavy atom. The predicted octanol–water partition coefficient (Wildman–Crippen LogP) is 2.06. The molecule has 0 aliphatic rings. The van der Waals surface area contributed by atoms with Crippen LogP contribution in [0.25, 0.3) is 0 Å².